The van der Waals surface area contributed by atoms with Crippen molar-refractivity contribution in [1.82, 2.24) is 4.90 Å². The summed E-state index contributed by atoms with van der Waals surface area (Å²) in [6.07, 6.45) is 4.60. The van der Waals surface area contributed by atoms with Crippen molar-refractivity contribution in [2.24, 2.45) is 0 Å². The van der Waals surface area contributed by atoms with Crippen LogP contribution in [-0.4, -0.2) is 41.1 Å². The minimum Gasteiger partial charge on any atom is -0.366 e. The zero-order valence-corrected chi connectivity index (χ0v) is 14.3. The van der Waals surface area contributed by atoms with E-state index in [1.807, 2.05) is 39.0 Å². The predicted molar refractivity (Wildman–Crippen MR) is 90.6 cm³/mol. The normalized spacial score (nSPS) is 25.3. The third-order valence-corrected chi connectivity index (χ3v) is 5.69. The van der Waals surface area contributed by atoms with Gasteiger partial charge in [0.1, 0.15) is 0 Å². The fraction of sp³-hybridized carbons (Fsp3) is 0.632. The maximum Gasteiger partial charge on any atom is 0.241 e. The number of hydrogen-bond donors (Lipinski definition) is 1. The smallest absolute Gasteiger partial charge is 0.241 e. The van der Waals surface area contributed by atoms with Gasteiger partial charge in [0.05, 0.1) is 17.2 Å². The number of anilines is 1. The number of morpholine rings is 1. The zero-order valence-electron chi connectivity index (χ0n) is 14.3. The summed E-state index contributed by atoms with van der Waals surface area (Å²) in [6, 6.07) is 5.99. The zero-order chi connectivity index (χ0) is 16.2. The Bertz CT molecular complexity index is 607. The van der Waals surface area contributed by atoms with Gasteiger partial charge in [0.25, 0.3) is 0 Å². The molecule has 2 aliphatic carbocycles. The summed E-state index contributed by atoms with van der Waals surface area (Å²) in [5.74, 6) is 0.0934. The van der Waals surface area contributed by atoms with Crippen molar-refractivity contribution in [3.8, 4) is 0 Å². The minimum absolute atomic E-state index is 0.0574. The molecule has 1 atom stereocenters. The lowest BCUT2D eigenvalue weighted by Gasteiger charge is -2.41. The number of benzene rings is 1. The summed E-state index contributed by atoms with van der Waals surface area (Å²) in [5, 5.41) is 3.15. The molecule has 1 amide bonds. The van der Waals surface area contributed by atoms with Gasteiger partial charge in [-0.2, -0.15) is 0 Å². The lowest BCUT2D eigenvalue weighted by molar-refractivity contribution is -0.139. The molecule has 4 heteroatoms. The van der Waals surface area contributed by atoms with Crippen molar-refractivity contribution in [2.45, 2.75) is 63.7 Å². The first-order valence-corrected chi connectivity index (χ1v) is 8.73. The highest BCUT2D eigenvalue weighted by molar-refractivity contribution is 5.95. The summed E-state index contributed by atoms with van der Waals surface area (Å²) in [6.45, 7) is 7.91. The van der Waals surface area contributed by atoms with Crippen molar-refractivity contribution in [2.75, 3.05) is 18.4 Å². The molecular formula is C19H26N2O2. The van der Waals surface area contributed by atoms with Crippen molar-refractivity contribution in [3.63, 3.8) is 0 Å². The van der Waals surface area contributed by atoms with Crippen LogP contribution >= 0.6 is 0 Å². The highest BCUT2D eigenvalue weighted by Crippen LogP contribution is 2.54. The lowest BCUT2D eigenvalue weighted by atomic mass is 10.1. The summed E-state index contributed by atoms with van der Waals surface area (Å²) in [7, 11) is 0. The van der Waals surface area contributed by atoms with Gasteiger partial charge >= 0.3 is 0 Å². The van der Waals surface area contributed by atoms with E-state index in [2.05, 4.69) is 10.2 Å². The van der Waals surface area contributed by atoms with E-state index in [4.69, 9.17) is 4.74 Å². The Morgan fingerprint density at radius 2 is 1.65 bits per heavy atom. The van der Waals surface area contributed by atoms with E-state index in [1.165, 1.54) is 0 Å². The molecule has 4 rings (SSSR count). The Labute approximate surface area is 138 Å². The summed E-state index contributed by atoms with van der Waals surface area (Å²) < 4.78 is 6.33. The van der Waals surface area contributed by atoms with Gasteiger partial charge in [-0.05, 0) is 57.6 Å². The van der Waals surface area contributed by atoms with Gasteiger partial charge in [0, 0.05) is 18.8 Å². The monoisotopic (exact) mass is 314 g/mol. The van der Waals surface area contributed by atoms with Crippen molar-refractivity contribution in [3.05, 3.63) is 29.3 Å². The molecule has 0 aromatic heterocycles. The van der Waals surface area contributed by atoms with Crippen LogP contribution in [0.5, 0.6) is 0 Å². The number of nitrogens with zero attached hydrogens (tertiary/aromatic N) is 1. The van der Waals surface area contributed by atoms with Crippen molar-refractivity contribution in [1.29, 1.82) is 0 Å². The molecule has 0 radical (unpaired) electrons. The standard InChI is InChI=1S/C19H26N2O2/c1-13-5-4-6-14(2)16(13)20-17(22)15(3)21-11-18(7-8-18)23-19(12-21)9-10-19/h4-6,15H,7-12H2,1-3H3,(H,20,22). The molecule has 1 aliphatic heterocycles. The number of carbonyl (C=O) groups is 1. The number of hydrogen-bond acceptors (Lipinski definition) is 3. The maximum atomic E-state index is 12.8. The Morgan fingerprint density at radius 3 is 2.13 bits per heavy atom. The average molecular weight is 314 g/mol. The van der Waals surface area contributed by atoms with Gasteiger partial charge < -0.3 is 10.1 Å². The van der Waals surface area contributed by atoms with Crippen LogP contribution in [0.25, 0.3) is 0 Å². The number of ether oxygens (including phenoxy) is 1. The number of aryl methyl sites for hydroxylation is 2. The molecule has 1 unspecified atom stereocenters. The predicted octanol–water partition coefficient (Wildman–Crippen LogP) is 3.03. The van der Waals surface area contributed by atoms with Gasteiger partial charge in [-0.1, -0.05) is 18.2 Å². The Balaban J connectivity index is 1.48. The largest absolute Gasteiger partial charge is 0.366 e. The molecule has 1 saturated heterocycles. The number of rotatable bonds is 3. The minimum atomic E-state index is -0.118. The Morgan fingerprint density at radius 1 is 1.13 bits per heavy atom. The second-order valence-electron chi connectivity index (χ2n) is 7.81. The van der Waals surface area contributed by atoms with Crippen molar-refractivity contribution >= 4 is 11.6 Å². The molecule has 2 spiro atoms. The molecule has 1 heterocycles. The molecule has 0 bridgehead atoms. The van der Waals surface area contributed by atoms with E-state index in [0.29, 0.717) is 0 Å². The van der Waals surface area contributed by atoms with Gasteiger partial charge in [-0.3, -0.25) is 9.69 Å². The van der Waals surface area contributed by atoms with E-state index < -0.39 is 0 Å². The fourth-order valence-electron chi connectivity index (χ4n) is 3.80. The molecule has 4 nitrogen and oxygen atoms in total. The summed E-state index contributed by atoms with van der Waals surface area (Å²) >= 11 is 0. The first-order valence-electron chi connectivity index (χ1n) is 8.73. The van der Waals surface area contributed by atoms with Crippen LogP contribution in [-0.2, 0) is 9.53 Å². The van der Waals surface area contributed by atoms with Crippen LogP contribution in [0.3, 0.4) is 0 Å². The van der Waals surface area contributed by atoms with Crippen LogP contribution in [0.4, 0.5) is 5.69 Å². The number of amides is 1. The molecule has 1 aromatic carbocycles. The second-order valence-corrected chi connectivity index (χ2v) is 7.81. The van der Waals surface area contributed by atoms with Crippen LogP contribution in [0.15, 0.2) is 18.2 Å². The number of carbonyl (C=O) groups excluding carboxylic acids is 1. The van der Waals surface area contributed by atoms with Gasteiger partial charge in [0.2, 0.25) is 5.91 Å². The van der Waals surface area contributed by atoms with E-state index >= 15 is 0 Å². The Hall–Kier alpha value is -1.39. The average Bonchev–Trinajstić information content (AvgIpc) is 3.43. The van der Waals surface area contributed by atoms with Crippen molar-refractivity contribution < 1.29 is 9.53 Å². The first-order chi connectivity index (χ1) is 10.9. The SMILES string of the molecule is Cc1cccc(C)c1NC(=O)C(C)N1CC2(CC2)OC2(CC2)C1. The molecule has 3 aliphatic rings. The van der Waals surface area contributed by atoms with E-state index in [9.17, 15) is 4.79 Å². The summed E-state index contributed by atoms with van der Waals surface area (Å²) in [5.41, 5.74) is 3.30. The van der Waals surface area contributed by atoms with Crippen LogP contribution in [0.1, 0.15) is 43.7 Å². The van der Waals surface area contributed by atoms with E-state index in [1.54, 1.807) is 0 Å². The second kappa shape index (κ2) is 5.05. The molecule has 1 aromatic rings. The first kappa shape index (κ1) is 15.2. The molecule has 1 N–H and O–H groups in total. The van der Waals surface area contributed by atoms with Crippen LogP contribution in [0, 0.1) is 13.8 Å². The molecule has 124 valence electrons. The van der Waals surface area contributed by atoms with Crippen LogP contribution in [0.2, 0.25) is 0 Å². The number of nitrogens with one attached hydrogen (secondary N) is 1. The topological polar surface area (TPSA) is 41.6 Å². The van der Waals surface area contributed by atoms with E-state index in [0.717, 1.165) is 55.6 Å². The molecule has 2 saturated carbocycles. The van der Waals surface area contributed by atoms with Crippen LogP contribution < -0.4 is 5.32 Å². The molecule has 23 heavy (non-hydrogen) atoms. The quantitative estimate of drug-likeness (QED) is 0.932. The number of para-hydroxylation sites is 1. The Kier molecular flexibility index (Phi) is 3.33. The highest BCUT2D eigenvalue weighted by Gasteiger charge is 2.60. The molecular weight excluding hydrogens is 288 g/mol. The third-order valence-electron chi connectivity index (χ3n) is 5.69. The van der Waals surface area contributed by atoms with Gasteiger partial charge in [-0.15, -0.1) is 0 Å². The molecule has 3 fully saturated rings. The highest BCUT2D eigenvalue weighted by atomic mass is 16.5. The van der Waals surface area contributed by atoms with Gasteiger partial charge in [-0.25, -0.2) is 0 Å². The third kappa shape index (κ3) is 2.79. The van der Waals surface area contributed by atoms with E-state index in [-0.39, 0.29) is 23.2 Å². The summed E-state index contributed by atoms with van der Waals surface area (Å²) in [4.78, 5) is 15.1. The van der Waals surface area contributed by atoms with Gasteiger partial charge in [0.15, 0.2) is 0 Å². The fourth-order valence-corrected chi connectivity index (χ4v) is 3.80. The lowest BCUT2D eigenvalue weighted by Crippen LogP contribution is -2.56. The maximum absolute atomic E-state index is 12.8.